The lowest BCUT2D eigenvalue weighted by Crippen LogP contribution is -2.79. The Hall–Kier alpha value is -5.08. The smallest absolute Gasteiger partial charge is 0.338 e. The quantitative estimate of drug-likeness (QED) is 0.214. The summed E-state index contributed by atoms with van der Waals surface area (Å²) in [7, 11) is 0. The van der Waals surface area contributed by atoms with Crippen molar-refractivity contribution in [2.75, 3.05) is 6.61 Å². The standard InChI is InChI=1S/C42H48O14/c1-22-29(51-23(2)43)20-41(39(6,7)49)32(22)33(53-25(4)45)35(54-37(47)27-15-11-9-12-16-27)40(8)30(52-24(3)44)19-31-42(21-50-31,56-26(5)46)34(40)36(41)55-38(48)28-17-13-10-14-18-28/h9-18,29-31,33-36,49H,19-21H2,1-8H3/t29-,30-,31+,33+,34?,35-,36?,40+,41-,42-/m0/s1. The van der Waals surface area contributed by atoms with Crippen LogP contribution < -0.4 is 0 Å². The molecule has 2 aromatic rings. The topological polar surface area (TPSA) is 187 Å². The molecular weight excluding hydrogens is 728 g/mol. The predicted molar refractivity (Wildman–Crippen MR) is 194 cm³/mol. The van der Waals surface area contributed by atoms with Crippen LogP contribution >= 0.6 is 0 Å². The first-order valence-electron chi connectivity index (χ1n) is 18.6. The molecule has 1 saturated heterocycles. The molecule has 1 heterocycles. The van der Waals surface area contributed by atoms with Crippen LogP contribution in [0.2, 0.25) is 0 Å². The fourth-order valence-corrected chi connectivity index (χ4v) is 9.86. The first-order valence-corrected chi connectivity index (χ1v) is 18.6. The highest BCUT2D eigenvalue weighted by molar-refractivity contribution is 5.90. The Balaban J connectivity index is 1.77. The molecule has 3 fully saturated rings. The largest absolute Gasteiger partial charge is 0.462 e. The monoisotopic (exact) mass is 776 g/mol. The van der Waals surface area contributed by atoms with E-state index in [-0.39, 0.29) is 36.1 Å². The fraction of sp³-hybridized carbons (Fsp3) is 0.524. The number of carbonyl (C=O) groups excluding carboxylic acids is 6. The van der Waals surface area contributed by atoms with Crippen molar-refractivity contribution in [1.82, 2.24) is 0 Å². The van der Waals surface area contributed by atoms with Gasteiger partial charge < -0.3 is 38.3 Å². The van der Waals surface area contributed by atoms with E-state index >= 15 is 0 Å². The third-order valence-electron chi connectivity index (χ3n) is 12.1. The van der Waals surface area contributed by atoms with Crippen LogP contribution in [0, 0.1) is 16.7 Å². The van der Waals surface area contributed by atoms with Gasteiger partial charge in [-0.05, 0) is 56.2 Å². The second-order valence-electron chi connectivity index (χ2n) is 15.9. The number of esters is 6. The maximum absolute atomic E-state index is 14.5. The number of rotatable bonds is 9. The molecule has 0 aromatic heterocycles. The molecule has 14 heteroatoms. The van der Waals surface area contributed by atoms with Gasteiger partial charge in [-0.1, -0.05) is 43.3 Å². The van der Waals surface area contributed by atoms with Gasteiger partial charge in [-0.3, -0.25) is 19.2 Å². The molecule has 2 saturated carbocycles. The van der Waals surface area contributed by atoms with Crippen LogP contribution in [-0.2, 0) is 52.3 Å². The summed E-state index contributed by atoms with van der Waals surface area (Å²) in [6, 6.07) is 16.1. The zero-order valence-electron chi connectivity index (χ0n) is 32.7. The Bertz CT molecular complexity index is 1930. The summed E-state index contributed by atoms with van der Waals surface area (Å²) in [4.78, 5) is 81.1. The molecule has 6 rings (SSSR count). The number of ether oxygens (including phenoxy) is 7. The average Bonchev–Trinajstić information content (AvgIpc) is 3.37. The van der Waals surface area contributed by atoms with E-state index in [9.17, 15) is 33.9 Å². The van der Waals surface area contributed by atoms with Gasteiger partial charge in [-0.15, -0.1) is 0 Å². The van der Waals surface area contributed by atoms with Crippen molar-refractivity contribution in [2.45, 2.75) is 116 Å². The van der Waals surface area contributed by atoms with Crippen molar-refractivity contribution in [2.24, 2.45) is 16.7 Å². The molecule has 0 amide bonds. The van der Waals surface area contributed by atoms with Gasteiger partial charge in [-0.25, -0.2) is 9.59 Å². The molecule has 56 heavy (non-hydrogen) atoms. The third kappa shape index (κ3) is 6.66. The molecule has 10 atom stereocenters. The van der Waals surface area contributed by atoms with Crippen molar-refractivity contribution < 1.29 is 67.0 Å². The maximum Gasteiger partial charge on any atom is 0.338 e. The second-order valence-corrected chi connectivity index (χ2v) is 15.9. The zero-order chi connectivity index (χ0) is 41.0. The van der Waals surface area contributed by atoms with Crippen LogP contribution in [0.3, 0.4) is 0 Å². The van der Waals surface area contributed by atoms with Gasteiger partial charge in [0.1, 0.15) is 24.4 Å². The van der Waals surface area contributed by atoms with Crippen LogP contribution in [0.25, 0.3) is 0 Å². The Labute approximate surface area is 324 Å². The van der Waals surface area contributed by atoms with Crippen LogP contribution in [0.4, 0.5) is 0 Å². The molecule has 4 aliphatic rings. The molecule has 300 valence electrons. The van der Waals surface area contributed by atoms with Crippen molar-refractivity contribution in [3.63, 3.8) is 0 Å². The molecule has 14 nitrogen and oxygen atoms in total. The molecule has 2 unspecified atom stereocenters. The first-order chi connectivity index (χ1) is 26.3. The summed E-state index contributed by atoms with van der Waals surface area (Å²) >= 11 is 0. The Morgan fingerprint density at radius 3 is 1.70 bits per heavy atom. The molecule has 3 aliphatic carbocycles. The van der Waals surface area contributed by atoms with Crippen LogP contribution in [-0.4, -0.2) is 95.4 Å². The van der Waals surface area contributed by atoms with Gasteiger partial charge in [0, 0.05) is 40.5 Å². The predicted octanol–water partition coefficient (Wildman–Crippen LogP) is 4.45. The lowest BCUT2D eigenvalue weighted by atomic mass is 9.49. The molecule has 0 radical (unpaired) electrons. The minimum absolute atomic E-state index is 0.0744. The summed E-state index contributed by atoms with van der Waals surface area (Å²) in [6.45, 7) is 10.8. The molecule has 1 N–H and O–H groups in total. The minimum Gasteiger partial charge on any atom is -0.462 e. The Kier molecular flexibility index (Phi) is 10.7. The summed E-state index contributed by atoms with van der Waals surface area (Å²) in [5.41, 5.74) is -6.40. The third-order valence-corrected chi connectivity index (χ3v) is 12.1. The highest BCUT2D eigenvalue weighted by atomic mass is 16.6. The molecule has 0 bridgehead atoms. The molecule has 1 aliphatic heterocycles. The number of hydrogen-bond donors (Lipinski definition) is 1. The lowest BCUT2D eigenvalue weighted by molar-refractivity contribution is -0.351. The van der Waals surface area contributed by atoms with Gasteiger partial charge in [0.2, 0.25) is 0 Å². The molecule has 0 spiro atoms. The summed E-state index contributed by atoms with van der Waals surface area (Å²) in [6.07, 6.45) is -8.25. The zero-order valence-corrected chi connectivity index (χ0v) is 32.7. The van der Waals surface area contributed by atoms with Crippen molar-refractivity contribution >= 4 is 35.8 Å². The van der Waals surface area contributed by atoms with Gasteiger partial charge in [0.25, 0.3) is 0 Å². The van der Waals surface area contributed by atoms with E-state index in [2.05, 4.69) is 0 Å². The van der Waals surface area contributed by atoms with Gasteiger partial charge in [-0.2, -0.15) is 0 Å². The SMILES string of the molecule is CC(=O)O[C@H]1C[C@]2(C(C)(C)O)C(=C1C)[C@@H](OC(C)=O)[C@H](OC(=O)c1ccccc1)[C@@]1(C)C(C2OC(=O)c2ccccc2)[C@]2(OC(C)=O)CO[C@@H]2C[C@@H]1OC(C)=O. The Morgan fingerprint density at radius 1 is 0.732 bits per heavy atom. The highest BCUT2D eigenvalue weighted by Crippen LogP contribution is 2.69. The number of carbonyl (C=O) groups is 6. The Morgan fingerprint density at radius 2 is 1.25 bits per heavy atom. The van der Waals surface area contributed by atoms with Crippen molar-refractivity contribution in [3.05, 3.63) is 82.9 Å². The average molecular weight is 777 g/mol. The van der Waals surface area contributed by atoms with Gasteiger partial charge in [0.15, 0.2) is 17.8 Å². The summed E-state index contributed by atoms with van der Waals surface area (Å²) in [5.74, 6) is -5.90. The lowest BCUT2D eigenvalue weighted by Gasteiger charge is -2.65. The van der Waals surface area contributed by atoms with E-state index in [1.165, 1.54) is 46.8 Å². The summed E-state index contributed by atoms with van der Waals surface area (Å²) in [5, 5.41) is 12.7. The second kappa shape index (κ2) is 14.8. The number of aliphatic hydroxyl groups is 1. The number of hydrogen-bond acceptors (Lipinski definition) is 14. The van der Waals surface area contributed by atoms with Gasteiger partial charge in [0.05, 0.1) is 40.1 Å². The number of fused-ring (bicyclic) bond motifs is 4. The van der Waals surface area contributed by atoms with E-state index < -0.39 is 100 Å². The van der Waals surface area contributed by atoms with E-state index in [4.69, 9.17) is 33.2 Å². The van der Waals surface area contributed by atoms with Crippen LogP contribution in [0.15, 0.2) is 71.8 Å². The normalized spacial score (nSPS) is 33.2. The molecular formula is C42H48O14. The van der Waals surface area contributed by atoms with E-state index in [1.54, 1.807) is 62.4 Å². The first kappa shape index (κ1) is 40.6. The number of benzene rings is 2. The molecule has 2 aromatic carbocycles. The highest BCUT2D eigenvalue weighted by Gasteiger charge is 2.81. The summed E-state index contributed by atoms with van der Waals surface area (Å²) < 4.78 is 43.8. The van der Waals surface area contributed by atoms with E-state index in [0.29, 0.717) is 5.57 Å². The van der Waals surface area contributed by atoms with Crippen molar-refractivity contribution in [1.29, 1.82) is 0 Å². The van der Waals surface area contributed by atoms with Gasteiger partial charge >= 0.3 is 35.8 Å². The van der Waals surface area contributed by atoms with Crippen LogP contribution in [0.5, 0.6) is 0 Å². The fourth-order valence-electron chi connectivity index (χ4n) is 9.86. The maximum atomic E-state index is 14.5. The minimum atomic E-state index is -1.93. The van der Waals surface area contributed by atoms with Crippen molar-refractivity contribution in [3.8, 4) is 0 Å². The van der Waals surface area contributed by atoms with E-state index in [1.807, 2.05) is 0 Å². The van der Waals surface area contributed by atoms with E-state index in [0.717, 1.165) is 6.92 Å². The van der Waals surface area contributed by atoms with Crippen LogP contribution in [0.1, 0.15) is 88.9 Å².